The number of hydrogen-bond donors (Lipinski definition) is 0. The van der Waals surface area contributed by atoms with Gasteiger partial charge in [-0.05, 0) is 24.3 Å². The van der Waals surface area contributed by atoms with Crippen molar-refractivity contribution in [2.75, 3.05) is 0 Å². The smallest absolute Gasteiger partial charge is 0.127 e. The Kier molecular flexibility index (Phi) is 14.8. The van der Waals surface area contributed by atoms with E-state index in [0.29, 0.717) is 5.76 Å². The van der Waals surface area contributed by atoms with Crippen LogP contribution in [0.25, 0.3) is 0 Å². The molecule has 1 aromatic carbocycles. The van der Waals surface area contributed by atoms with Crippen molar-refractivity contribution in [2.24, 2.45) is 0 Å². The summed E-state index contributed by atoms with van der Waals surface area (Å²) >= 11 is 0. The van der Waals surface area contributed by atoms with E-state index >= 15 is 0 Å². The van der Waals surface area contributed by atoms with Gasteiger partial charge in [0.2, 0.25) is 0 Å². The molecule has 0 radical (unpaired) electrons. The second-order valence-corrected chi connectivity index (χ2v) is 2.42. The lowest BCUT2D eigenvalue weighted by atomic mass is 10.3. The van der Waals surface area contributed by atoms with E-state index in [1.54, 1.807) is 18.2 Å². The van der Waals surface area contributed by atoms with Crippen LogP contribution in [0.4, 0.5) is 0 Å². The standard InChI is InChI=1S/C12H12O.2C2H6/c1-3-8-11(4-2)13-12-9-6-5-7-10-12;2*1-2/h3-10H,1-2H2;2*1-2H3/b11-8+;;. The van der Waals surface area contributed by atoms with Crippen molar-refractivity contribution >= 4 is 0 Å². The summed E-state index contributed by atoms with van der Waals surface area (Å²) in [6.45, 7) is 15.2. The first-order valence-electron chi connectivity index (χ1n) is 6.05. The predicted molar refractivity (Wildman–Crippen MR) is 78.2 cm³/mol. The van der Waals surface area contributed by atoms with Gasteiger partial charge in [-0.3, -0.25) is 0 Å². The normalized spacial score (nSPS) is 8.82. The molecule has 0 aliphatic carbocycles. The minimum atomic E-state index is 0.696. The van der Waals surface area contributed by atoms with Crippen LogP contribution >= 0.6 is 0 Å². The van der Waals surface area contributed by atoms with Gasteiger partial charge in [0, 0.05) is 0 Å². The van der Waals surface area contributed by atoms with Gasteiger partial charge in [-0.1, -0.05) is 65.1 Å². The third-order valence-corrected chi connectivity index (χ3v) is 1.46. The summed E-state index contributed by atoms with van der Waals surface area (Å²) in [5, 5.41) is 0. The number of allylic oxidation sites excluding steroid dienone is 3. The Hall–Kier alpha value is -1.76. The molecule has 0 aromatic heterocycles. The largest absolute Gasteiger partial charge is 0.457 e. The van der Waals surface area contributed by atoms with Gasteiger partial charge in [-0.15, -0.1) is 0 Å². The average molecular weight is 232 g/mol. The molecule has 0 saturated carbocycles. The highest BCUT2D eigenvalue weighted by atomic mass is 16.5. The topological polar surface area (TPSA) is 9.23 Å². The molecular weight excluding hydrogens is 208 g/mol. The van der Waals surface area contributed by atoms with E-state index in [9.17, 15) is 0 Å². The van der Waals surface area contributed by atoms with E-state index in [2.05, 4.69) is 13.2 Å². The first kappa shape index (κ1) is 17.6. The highest BCUT2D eigenvalue weighted by Crippen LogP contribution is 2.12. The lowest BCUT2D eigenvalue weighted by molar-refractivity contribution is 0.445. The van der Waals surface area contributed by atoms with Crippen molar-refractivity contribution in [1.29, 1.82) is 0 Å². The van der Waals surface area contributed by atoms with Crippen LogP contribution in [-0.2, 0) is 0 Å². The summed E-state index contributed by atoms with van der Waals surface area (Å²) in [5.74, 6) is 1.50. The van der Waals surface area contributed by atoms with Gasteiger partial charge in [0.05, 0.1) is 0 Å². The van der Waals surface area contributed by atoms with Crippen molar-refractivity contribution < 1.29 is 4.74 Å². The highest BCUT2D eigenvalue weighted by Gasteiger charge is 1.92. The molecule has 0 bridgehead atoms. The number of benzene rings is 1. The molecule has 0 heterocycles. The lowest BCUT2D eigenvalue weighted by Crippen LogP contribution is -1.90. The zero-order valence-electron chi connectivity index (χ0n) is 11.4. The number of hydrogen-bond acceptors (Lipinski definition) is 1. The van der Waals surface area contributed by atoms with Crippen LogP contribution in [0.2, 0.25) is 0 Å². The SMILES string of the molecule is C=C/C=C(\C=C)Oc1ccccc1.CC.CC. The van der Waals surface area contributed by atoms with Crippen LogP contribution in [-0.4, -0.2) is 0 Å². The molecule has 0 atom stereocenters. The Bertz CT molecular complexity index is 310. The highest BCUT2D eigenvalue weighted by molar-refractivity contribution is 5.27. The molecular formula is C16H24O. The van der Waals surface area contributed by atoms with Crippen molar-refractivity contribution in [3.63, 3.8) is 0 Å². The van der Waals surface area contributed by atoms with Crippen molar-refractivity contribution in [3.05, 3.63) is 67.5 Å². The summed E-state index contributed by atoms with van der Waals surface area (Å²) in [6, 6.07) is 9.56. The van der Waals surface area contributed by atoms with Crippen molar-refractivity contribution in [3.8, 4) is 5.75 Å². The van der Waals surface area contributed by atoms with Crippen molar-refractivity contribution in [2.45, 2.75) is 27.7 Å². The molecule has 1 rings (SSSR count). The Morgan fingerprint density at radius 2 is 1.53 bits per heavy atom. The van der Waals surface area contributed by atoms with E-state index in [-0.39, 0.29) is 0 Å². The second-order valence-electron chi connectivity index (χ2n) is 2.42. The van der Waals surface area contributed by atoms with Gasteiger partial charge in [0.15, 0.2) is 0 Å². The minimum Gasteiger partial charge on any atom is -0.457 e. The fourth-order valence-corrected chi connectivity index (χ4v) is 0.885. The number of para-hydroxylation sites is 1. The average Bonchev–Trinajstić information content (AvgIpc) is 2.44. The maximum absolute atomic E-state index is 5.48. The summed E-state index contributed by atoms with van der Waals surface area (Å²) in [4.78, 5) is 0. The molecule has 0 amide bonds. The van der Waals surface area contributed by atoms with Crippen LogP contribution < -0.4 is 4.74 Å². The van der Waals surface area contributed by atoms with Gasteiger partial charge in [0.25, 0.3) is 0 Å². The van der Waals surface area contributed by atoms with Gasteiger partial charge in [-0.2, -0.15) is 0 Å². The molecule has 0 saturated heterocycles. The van der Waals surface area contributed by atoms with Crippen LogP contribution in [0.5, 0.6) is 5.75 Å². The third kappa shape index (κ3) is 9.19. The lowest BCUT2D eigenvalue weighted by Gasteiger charge is -2.04. The Balaban J connectivity index is 0. The Morgan fingerprint density at radius 3 is 1.94 bits per heavy atom. The summed E-state index contributed by atoms with van der Waals surface area (Å²) in [7, 11) is 0. The van der Waals surface area contributed by atoms with E-state index in [0.717, 1.165) is 5.75 Å². The van der Waals surface area contributed by atoms with Crippen molar-refractivity contribution in [1.82, 2.24) is 0 Å². The van der Waals surface area contributed by atoms with E-state index in [1.807, 2.05) is 58.0 Å². The monoisotopic (exact) mass is 232 g/mol. The van der Waals surface area contributed by atoms with Gasteiger partial charge in [0.1, 0.15) is 11.5 Å². The maximum Gasteiger partial charge on any atom is 0.127 e. The molecule has 0 aliphatic heterocycles. The number of ether oxygens (including phenoxy) is 1. The maximum atomic E-state index is 5.48. The quantitative estimate of drug-likeness (QED) is 0.500. The first-order chi connectivity index (χ1) is 8.36. The Labute approximate surface area is 106 Å². The van der Waals surface area contributed by atoms with Crippen LogP contribution in [0.15, 0.2) is 67.5 Å². The molecule has 0 N–H and O–H groups in total. The zero-order valence-corrected chi connectivity index (χ0v) is 11.4. The van der Waals surface area contributed by atoms with E-state index in [1.165, 1.54) is 0 Å². The molecule has 17 heavy (non-hydrogen) atoms. The fourth-order valence-electron chi connectivity index (χ4n) is 0.885. The van der Waals surface area contributed by atoms with Gasteiger partial charge in [-0.25, -0.2) is 0 Å². The predicted octanol–water partition coefficient (Wildman–Crippen LogP) is 5.37. The summed E-state index contributed by atoms with van der Waals surface area (Å²) in [6.07, 6.45) is 5.08. The molecule has 1 aromatic rings. The summed E-state index contributed by atoms with van der Waals surface area (Å²) in [5.41, 5.74) is 0. The fraction of sp³-hybridized carbons (Fsp3) is 0.250. The molecule has 0 aliphatic rings. The van der Waals surface area contributed by atoms with E-state index in [4.69, 9.17) is 4.74 Å². The van der Waals surface area contributed by atoms with Crippen LogP contribution in [0, 0.1) is 0 Å². The van der Waals surface area contributed by atoms with Crippen LogP contribution in [0.1, 0.15) is 27.7 Å². The number of rotatable bonds is 4. The molecule has 1 heteroatoms. The van der Waals surface area contributed by atoms with Gasteiger partial charge >= 0.3 is 0 Å². The molecule has 94 valence electrons. The zero-order chi connectivity index (χ0) is 13.5. The molecule has 0 fully saturated rings. The van der Waals surface area contributed by atoms with Crippen LogP contribution in [0.3, 0.4) is 0 Å². The molecule has 1 nitrogen and oxygen atoms in total. The molecule has 0 unspecified atom stereocenters. The Morgan fingerprint density at radius 1 is 1.00 bits per heavy atom. The second kappa shape index (κ2) is 14.2. The van der Waals surface area contributed by atoms with Gasteiger partial charge < -0.3 is 4.74 Å². The van der Waals surface area contributed by atoms with E-state index < -0.39 is 0 Å². The third-order valence-electron chi connectivity index (χ3n) is 1.46. The molecule has 0 spiro atoms. The first-order valence-corrected chi connectivity index (χ1v) is 6.05. The minimum absolute atomic E-state index is 0.696. The summed E-state index contributed by atoms with van der Waals surface area (Å²) < 4.78 is 5.48.